The van der Waals surface area contributed by atoms with Crippen molar-refractivity contribution in [2.24, 2.45) is 0 Å². The van der Waals surface area contributed by atoms with E-state index >= 15 is 0 Å². The van der Waals surface area contributed by atoms with Gasteiger partial charge in [-0.25, -0.2) is 0 Å². The van der Waals surface area contributed by atoms with Crippen molar-refractivity contribution < 1.29 is 4.79 Å². The number of aromatic nitrogens is 2. The number of hydrogen-bond acceptors (Lipinski definition) is 4. The standard InChI is InChI=1S/C15H27N5O/c1-5-20-13(12(16)10-17-20)14(21)18-11-6-8-19(9-7-11)15(2,3)4/h10-11H,5-9,16H2,1-4H3,(H,18,21). The molecule has 1 amide bonds. The van der Waals surface area contributed by atoms with Gasteiger partial charge in [-0.15, -0.1) is 0 Å². The molecule has 0 radical (unpaired) electrons. The normalized spacial score (nSPS) is 17.9. The highest BCUT2D eigenvalue weighted by Gasteiger charge is 2.28. The lowest BCUT2D eigenvalue weighted by atomic mass is 9.98. The van der Waals surface area contributed by atoms with Gasteiger partial charge in [0.1, 0.15) is 5.69 Å². The van der Waals surface area contributed by atoms with Crippen LogP contribution in [-0.4, -0.2) is 45.3 Å². The summed E-state index contributed by atoms with van der Waals surface area (Å²) >= 11 is 0. The Morgan fingerprint density at radius 2 is 2.05 bits per heavy atom. The van der Waals surface area contributed by atoms with Gasteiger partial charge in [0.25, 0.3) is 5.91 Å². The summed E-state index contributed by atoms with van der Waals surface area (Å²) in [6, 6.07) is 0.218. The molecular weight excluding hydrogens is 266 g/mol. The predicted molar refractivity (Wildman–Crippen MR) is 84.1 cm³/mol. The van der Waals surface area contributed by atoms with Gasteiger partial charge in [0.05, 0.1) is 11.9 Å². The molecule has 6 heteroatoms. The molecule has 3 N–H and O–H groups in total. The van der Waals surface area contributed by atoms with E-state index in [4.69, 9.17) is 5.73 Å². The maximum absolute atomic E-state index is 12.4. The van der Waals surface area contributed by atoms with Crippen molar-refractivity contribution in [3.63, 3.8) is 0 Å². The Morgan fingerprint density at radius 1 is 1.43 bits per heavy atom. The SMILES string of the molecule is CCn1ncc(N)c1C(=O)NC1CCN(C(C)(C)C)CC1. The molecule has 21 heavy (non-hydrogen) atoms. The van der Waals surface area contributed by atoms with Gasteiger partial charge in [0, 0.05) is 31.2 Å². The lowest BCUT2D eigenvalue weighted by Crippen LogP contribution is -2.51. The number of piperidine rings is 1. The van der Waals surface area contributed by atoms with Gasteiger partial charge in [-0.05, 0) is 40.5 Å². The minimum absolute atomic E-state index is 0.110. The Labute approximate surface area is 126 Å². The van der Waals surface area contributed by atoms with E-state index in [0.29, 0.717) is 17.9 Å². The molecule has 1 aromatic rings. The van der Waals surface area contributed by atoms with Gasteiger partial charge >= 0.3 is 0 Å². The van der Waals surface area contributed by atoms with Crippen molar-refractivity contribution in [2.45, 2.75) is 58.7 Å². The first-order chi connectivity index (χ1) is 9.82. The number of carbonyl (C=O) groups excluding carboxylic acids is 1. The Morgan fingerprint density at radius 3 is 2.57 bits per heavy atom. The van der Waals surface area contributed by atoms with Crippen LogP contribution in [0.3, 0.4) is 0 Å². The molecule has 0 saturated carbocycles. The summed E-state index contributed by atoms with van der Waals surface area (Å²) in [5.74, 6) is -0.110. The zero-order valence-electron chi connectivity index (χ0n) is 13.5. The molecule has 1 aromatic heterocycles. The van der Waals surface area contributed by atoms with Gasteiger partial charge < -0.3 is 11.1 Å². The molecule has 0 aliphatic carbocycles. The van der Waals surface area contributed by atoms with E-state index in [2.05, 4.69) is 36.1 Å². The van der Waals surface area contributed by atoms with E-state index in [-0.39, 0.29) is 17.5 Å². The third kappa shape index (κ3) is 3.56. The van der Waals surface area contributed by atoms with Crippen LogP contribution in [0.5, 0.6) is 0 Å². The molecule has 1 saturated heterocycles. The highest BCUT2D eigenvalue weighted by Crippen LogP contribution is 2.20. The number of amides is 1. The Bertz CT molecular complexity index is 495. The lowest BCUT2D eigenvalue weighted by molar-refractivity contribution is 0.0806. The van der Waals surface area contributed by atoms with E-state index in [9.17, 15) is 4.79 Å². The summed E-state index contributed by atoms with van der Waals surface area (Å²) in [5.41, 5.74) is 6.97. The molecule has 6 nitrogen and oxygen atoms in total. The summed E-state index contributed by atoms with van der Waals surface area (Å²) in [6.45, 7) is 11.3. The first-order valence-corrected chi connectivity index (χ1v) is 7.70. The number of rotatable bonds is 3. The number of nitrogens with zero attached hydrogens (tertiary/aromatic N) is 3. The van der Waals surface area contributed by atoms with Crippen LogP contribution in [0.15, 0.2) is 6.20 Å². The number of aryl methyl sites for hydroxylation is 1. The second-order valence-corrected chi connectivity index (χ2v) is 6.67. The van der Waals surface area contributed by atoms with Crippen molar-refractivity contribution in [1.29, 1.82) is 0 Å². The van der Waals surface area contributed by atoms with Crippen LogP contribution < -0.4 is 11.1 Å². The number of likely N-dealkylation sites (tertiary alicyclic amines) is 1. The molecule has 0 atom stereocenters. The second-order valence-electron chi connectivity index (χ2n) is 6.67. The van der Waals surface area contributed by atoms with Crippen LogP contribution >= 0.6 is 0 Å². The summed E-state index contributed by atoms with van der Waals surface area (Å²) in [7, 11) is 0. The zero-order chi connectivity index (χ0) is 15.6. The third-order valence-corrected chi connectivity index (χ3v) is 4.16. The average molecular weight is 293 g/mol. The summed E-state index contributed by atoms with van der Waals surface area (Å²) in [6.07, 6.45) is 3.49. The maximum Gasteiger partial charge on any atom is 0.271 e. The molecule has 0 unspecified atom stereocenters. The van der Waals surface area contributed by atoms with Gasteiger partial charge in [-0.1, -0.05) is 0 Å². The van der Waals surface area contributed by atoms with Crippen molar-refractivity contribution in [1.82, 2.24) is 20.0 Å². The molecule has 0 bridgehead atoms. The minimum atomic E-state index is -0.110. The summed E-state index contributed by atoms with van der Waals surface area (Å²) < 4.78 is 1.65. The van der Waals surface area contributed by atoms with E-state index in [1.165, 1.54) is 0 Å². The molecule has 2 heterocycles. The molecular formula is C15H27N5O. The summed E-state index contributed by atoms with van der Waals surface area (Å²) in [5, 5.41) is 7.22. The number of hydrogen-bond donors (Lipinski definition) is 2. The van der Waals surface area contributed by atoms with Gasteiger partial charge in [-0.3, -0.25) is 14.4 Å². The van der Waals surface area contributed by atoms with Gasteiger partial charge in [0.15, 0.2) is 0 Å². The fourth-order valence-corrected chi connectivity index (χ4v) is 2.84. The molecule has 1 aliphatic heterocycles. The van der Waals surface area contributed by atoms with Crippen LogP contribution in [0, 0.1) is 0 Å². The first kappa shape index (κ1) is 15.8. The fraction of sp³-hybridized carbons (Fsp3) is 0.733. The number of nitrogens with one attached hydrogen (secondary N) is 1. The van der Waals surface area contributed by atoms with E-state index in [1.54, 1.807) is 10.9 Å². The topological polar surface area (TPSA) is 76.2 Å². The zero-order valence-corrected chi connectivity index (χ0v) is 13.5. The molecule has 2 rings (SSSR count). The molecule has 1 aliphatic rings. The monoisotopic (exact) mass is 293 g/mol. The van der Waals surface area contributed by atoms with E-state index in [0.717, 1.165) is 25.9 Å². The fourth-order valence-electron chi connectivity index (χ4n) is 2.84. The van der Waals surface area contributed by atoms with Crippen molar-refractivity contribution in [3.05, 3.63) is 11.9 Å². The minimum Gasteiger partial charge on any atom is -0.396 e. The van der Waals surface area contributed by atoms with Crippen LogP contribution in [-0.2, 0) is 6.54 Å². The van der Waals surface area contributed by atoms with Crippen molar-refractivity contribution in [3.8, 4) is 0 Å². The highest BCUT2D eigenvalue weighted by molar-refractivity contribution is 5.97. The quantitative estimate of drug-likeness (QED) is 0.885. The lowest BCUT2D eigenvalue weighted by Gasteiger charge is -2.41. The Kier molecular flexibility index (Phi) is 4.56. The third-order valence-electron chi connectivity index (χ3n) is 4.16. The number of nitrogen functional groups attached to an aromatic ring is 1. The van der Waals surface area contributed by atoms with Gasteiger partial charge in [0.2, 0.25) is 0 Å². The van der Waals surface area contributed by atoms with Crippen LogP contribution in [0.2, 0.25) is 0 Å². The Hall–Kier alpha value is -1.56. The van der Waals surface area contributed by atoms with E-state index < -0.39 is 0 Å². The molecule has 0 aromatic carbocycles. The number of carbonyl (C=O) groups is 1. The average Bonchev–Trinajstić information content (AvgIpc) is 2.79. The van der Waals surface area contributed by atoms with E-state index in [1.807, 2.05) is 6.92 Å². The van der Waals surface area contributed by atoms with Gasteiger partial charge in [-0.2, -0.15) is 5.10 Å². The smallest absolute Gasteiger partial charge is 0.271 e. The van der Waals surface area contributed by atoms with Crippen molar-refractivity contribution in [2.75, 3.05) is 18.8 Å². The van der Waals surface area contributed by atoms with Crippen LogP contribution in [0.1, 0.15) is 51.0 Å². The number of anilines is 1. The highest BCUT2D eigenvalue weighted by atomic mass is 16.2. The summed E-state index contributed by atoms with van der Waals surface area (Å²) in [4.78, 5) is 14.8. The molecule has 1 fully saturated rings. The second kappa shape index (κ2) is 6.05. The number of nitrogens with two attached hydrogens (primary N) is 1. The first-order valence-electron chi connectivity index (χ1n) is 7.70. The van der Waals surface area contributed by atoms with Crippen LogP contribution in [0.25, 0.3) is 0 Å². The predicted octanol–water partition coefficient (Wildman–Crippen LogP) is 1.48. The van der Waals surface area contributed by atoms with Crippen LogP contribution in [0.4, 0.5) is 5.69 Å². The Balaban J connectivity index is 1.94. The maximum atomic E-state index is 12.4. The molecule has 0 spiro atoms. The largest absolute Gasteiger partial charge is 0.396 e. The molecule has 118 valence electrons. The van der Waals surface area contributed by atoms with Crippen molar-refractivity contribution >= 4 is 11.6 Å².